The van der Waals surface area contributed by atoms with Gasteiger partial charge < -0.3 is 14.6 Å². The lowest BCUT2D eigenvalue weighted by Crippen LogP contribution is -2.19. The smallest absolute Gasteiger partial charge is 0.255 e. The summed E-state index contributed by atoms with van der Waals surface area (Å²) in [4.78, 5) is 5.62. The quantitative estimate of drug-likeness (QED) is 0.420. The number of tetrazole rings is 1. The van der Waals surface area contributed by atoms with E-state index in [0.29, 0.717) is 36.7 Å². The average molecular weight is 465 g/mol. The standard InChI is InChI=1S/C23H24FN7O3/c24-19-14-17(20-9-10-26-31(20)21-4-1-2-13-33-21)15-25-23(19)34-18-7-5-16(6-8-18)22-27-29-30(28-22)11-3-12-32/h5-10,14-15,21,32H,1-4,11-13H2. The highest BCUT2D eigenvalue weighted by molar-refractivity contribution is 5.59. The first-order valence-electron chi connectivity index (χ1n) is 11.2. The fourth-order valence-electron chi connectivity index (χ4n) is 3.78. The first-order chi connectivity index (χ1) is 16.7. The van der Waals surface area contributed by atoms with Gasteiger partial charge >= 0.3 is 0 Å². The minimum atomic E-state index is -0.576. The van der Waals surface area contributed by atoms with E-state index in [-0.39, 0.29) is 18.7 Å². The minimum absolute atomic E-state index is 0.0626. The maximum Gasteiger partial charge on any atom is 0.255 e. The van der Waals surface area contributed by atoms with Gasteiger partial charge in [0.2, 0.25) is 5.82 Å². The molecule has 1 fully saturated rings. The number of hydrogen-bond donors (Lipinski definition) is 1. The van der Waals surface area contributed by atoms with Crippen LogP contribution in [-0.2, 0) is 11.3 Å². The van der Waals surface area contributed by atoms with Crippen molar-refractivity contribution in [2.75, 3.05) is 13.2 Å². The Morgan fingerprint density at radius 2 is 2.03 bits per heavy atom. The molecule has 1 aliphatic heterocycles. The lowest BCUT2D eigenvalue weighted by atomic mass is 10.1. The molecule has 0 radical (unpaired) electrons. The predicted molar refractivity (Wildman–Crippen MR) is 119 cm³/mol. The molecule has 4 heterocycles. The Labute approximate surface area is 195 Å². The van der Waals surface area contributed by atoms with Gasteiger partial charge in [0.1, 0.15) is 5.75 Å². The van der Waals surface area contributed by atoms with E-state index in [0.717, 1.165) is 30.5 Å². The Morgan fingerprint density at radius 3 is 2.79 bits per heavy atom. The van der Waals surface area contributed by atoms with Crippen molar-refractivity contribution in [1.82, 2.24) is 35.0 Å². The molecule has 10 nitrogen and oxygen atoms in total. The zero-order chi connectivity index (χ0) is 23.3. The van der Waals surface area contributed by atoms with Crippen LogP contribution in [0.15, 0.2) is 48.8 Å². The molecule has 5 rings (SSSR count). The normalized spacial score (nSPS) is 16.0. The van der Waals surface area contributed by atoms with Crippen LogP contribution in [0.2, 0.25) is 0 Å². The van der Waals surface area contributed by atoms with Gasteiger partial charge in [0.15, 0.2) is 12.0 Å². The number of aliphatic hydroxyl groups excluding tert-OH is 1. The van der Waals surface area contributed by atoms with Gasteiger partial charge in [-0.2, -0.15) is 9.90 Å². The molecule has 0 amide bonds. The second-order valence-corrected chi connectivity index (χ2v) is 7.91. The van der Waals surface area contributed by atoms with Gasteiger partial charge in [-0.25, -0.2) is 14.1 Å². The molecule has 1 N–H and O–H groups in total. The summed E-state index contributed by atoms with van der Waals surface area (Å²) in [5, 5.41) is 25.5. The van der Waals surface area contributed by atoms with Gasteiger partial charge in [-0.3, -0.25) is 0 Å². The molecule has 176 valence electrons. The highest BCUT2D eigenvalue weighted by Crippen LogP contribution is 2.31. The van der Waals surface area contributed by atoms with Crippen molar-refractivity contribution < 1.29 is 19.0 Å². The molecule has 4 aromatic rings. The highest BCUT2D eigenvalue weighted by atomic mass is 19.1. The molecule has 3 aromatic heterocycles. The van der Waals surface area contributed by atoms with Gasteiger partial charge in [0, 0.05) is 36.7 Å². The van der Waals surface area contributed by atoms with E-state index in [1.165, 1.54) is 10.9 Å². The maximum atomic E-state index is 14.9. The molecule has 0 aliphatic carbocycles. The van der Waals surface area contributed by atoms with Gasteiger partial charge in [0.25, 0.3) is 5.88 Å². The van der Waals surface area contributed by atoms with E-state index in [1.807, 2.05) is 6.07 Å². The largest absolute Gasteiger partial charge is 0.436 e. The third-order valence-corrected chi connectivity index (χ3v) is 5.50. The van der Waals surface area contributed by atoms with Crippen LogP contribution >= 0.6 is 0 Å². The maximum absolute atomic E-state index is 14.9. The zero-order valence-corrected chi connectivity index (χ0v) is 18.4. The zero-order valence-electron chi connectivity index (χ0n) is 18.4. The summed E-state index contributed by atoms with van der Waals surface area (Å²) in [6.45, 7) is 1.24. The molecular formula is C23H24FN7O3. The van der Waals surface area contributed by atoms with Crippen LogP contribution in [-0.4, -0.2) is 53.3 Å². The second kappa shape index (κ2) is 10.1. The summed E-state index contributed by atoms with van der Waals surface area (Å²) >= 11 is 0. The topological polar surface area (TPSA) is 113 Å². The number of benzene rings is 1. The van der Waals surface area contributed by atoms with E-state index < -0.39 is 5.82 Å². The molecule has 1 aliphatic rings. The molecule has 0 saturated carbocycles. The summed E-state index contributed by atoms with van der Waals surface area (Å²) in [5.74, 6) is 0.185. The SMILES string of the molecule is OCCCn1nnc(-c2ccc(Oc3ncc(-c4ccnn4C4CCCCO4)cc3F)cc2)n1. The Bertz CT molecular complexity index is 1240. The van der Waals surface area contributed by atoms with Crippen LogP contribution in [0.25, 0.3) is 22.6 Å². The summed E-state index contributed by atoms with van der Waals surface area (Å²) in [7, 11) is 0. The third kappa shape index (κ3) is 4.80. The Hall–Kier alpha value is -3.70. The monoisotopic (exact) mass is 465 g/mol. The molecular weight excluding hydrogens is 441 g/mol. The first kappa shape index (κ1) is 22.1. The number of pyridine rings is 1. The molecule has 1 saturated heterocycles. The number of hydrogen-bond acceptors (Lipinski definition) is 8. The second-order valence-electron chi connectivity index (χ2n) is 7.91. The van der Waals surface area contributed by atoms with E-state index in [4.69, 9.17) is 14.6 Å². The number of nitrogens with zero attached hydrogens (tertiary/aromatic N) is 7. The summed E-state index contributed by atoms with van der Waals surface area (Å²) in [5.41, 5.74) is 2.08. The average Bonchev–Trinajstić information content (AvgIpc) is 3.55. The molecule has 0 spiro atoms. The number of aliphatic hydroxyl groups is 1. The number of aromatic nitrogens is 7. The molecule has 11 heteroatoms. The van der Waals surface area contributed by atoms with Gasteiger partial charge in [0.05, 0.1) is 12.2 Å². The molecule has 34 heavy (non-hydrogen) atoms. The first-order valence-corrected chi connectivity index (χ1v) is 11.2. The fourth-order valence-corrected chi connectivity index (χ4v) is 3.78. The van der Waals surface area contributed by atoms with Crippen LogP contribution in [0.4, 0.5) is 4.39 Å². The number of rotatable bonds is 8. The van der Waals surface area contributed by atoms with Gasteiger partial charge in [-0.05, 0) is 67.3 Å². The van der Waals surface area contributed by atoms with E-state index in [2.05, 4.69) is 25.5 Å². The van der Waals surface area contributed by atoms with Crippen molar-refractivity contribution in [3.8, 4) is 34.3 Å². The van der Waals surface area contributed by atoms with Crippen LogP contribution in [0.3, 0.4) is 0 Å². The van der Waals surface area contributed by atoms with Crippen molar-refractivity contribution in [1.29, 1.82) is 0 Å². The predicted octanol–water partition coefficient (Wildman–Crippen LogP) is 3.61. The van der Waals surface area contributed by atoms with E-state index >= 15 is 0 Å². The number of aryl methyl sites for hydroxylation is 1. The van der Waals surface area contributed by atoms with Crippen LogP contribution < -0.4 is 4.74 Å². The van der Waals surface area contributed by atoms with E-state index in [9.17, 15) is 4.39 Å². The Balaban J connectivity index is 1.29. The molecule has 1 aromatic carbocycles. The summed E-state index contributed by atoms with van der Waals surface area (Å²) < 4.78 is 28.1. The van der Waals surface area contributed by atoms with Crippen molar-refractivity contribution >= 4 is 0 Å². The molecule has 1 atom stereocenters. The summed E-state index contributed by atoms with van der Waals surface area (Å²) in [6.07, 6.45) is 6.63. The van der Waals surface area contributed by atoms with Crippen molar-refractivity contribution in [3.05, 3.63) is 54.6 Å². The fraction of sp³-hybridized carbons (Fsp3) is 0.348. The number of halogens is 1. The molecule has 0 bridgehead atoms. The number of ether oxygens (including phenoxy) is 2. The van der Waals surface area contributed by atoms with Crippen molar-refractivity contribution in [3.63, 3.8) is 0 Å². The minimum Gasteiger partial charge on any atom is -0.436 e. The molecule has 1 unspecified atom stereocenters. The summed E-state index contributed by atoms with van der Waals surface area (Å²) in [6, 6.07) is 10.1. The van der Waals surface area contributed by atoms with E-state index in [1.54, 1.807) is 41.3 Å². The van der Waals surface area contributed by atoms with Crippen LogP contribution in [0.1, 0.15) is 31.9 Å². The Kier molecular flexibility index (Phi) is 6.54. The van der Waals surface area contributed by atoms with Crippen molar-refractivity contribution in [2.24, 2.45) is 0 Å². The van der Waals surface area contributed by atoms with Crippen LogP contribution in [0.5, 0.6) is 11.6 Å². The Morgan fingerprint density at radius 1 is 1.15 bits per heavy atom. The third-order valence-electron chi connectivity index (χ3n) is 5.50. The lowest BCUT2D eigenvalue weighted by Gasteiger charge is -2.24. The highest BCUT2D eigenvalue weighted by Gasteiger charge is 2.20. The van der Waals surface area contributed by atoms with Crippen LogP contribution in [0, 0.1) is 5.82 Å². The van der Waals surface area contributed by atoms with Crippen molar-refractivity contribution in [2.45, 2.75) is 38.5 Å². The van der Waals surface area contributed by atoms with Gasteiger partial charge in [-0.15, -0.1) is 10.2 Å². The van der Waals surface area contributed by atoms with Gasteiger partial charge in [-0.1, -0.05) is 0 Å². The lowest BCUT2D eigenvalue weighted by molar-refractivity contribution is -0.0383.